The van der Waals surface area contributed by atoms with Gasteiger partial charge in [0.15, 0.2) is 11.5 Å². The lowest BCUT2D eigenvalue weighted by atomic mass is 9.48. The lowest BCUT2D eigenvalue weighted by Gasteiger charge is -2.64. The molecule has 5 heteroatoms. The molecule has 5 atom stereocenters. The molecule has 4 aliphatic rings. The van der Waals surface area contributed by atoms with Gasteiger partial charge in [0, 0.05) is 23.2 Å². The van der Waals surface area contributed by atoms with E-state index in [0.717, 1.165) is 37.8 Å². The second-order valence-electron chi connectivity index (χ2n) is 9.87. The molecule has 0 amide bonds. The van der Waals surface area contributed by atoms with E-state index < -0.39 is 11.0 Å². The second kappa shape index (κ2) is 4.94. The van der Waals surface area contributed by atoms with Crippen LogP contribution in [0.15, 0.2) is 12.1 Å². The number of piperidine rings is 1. The van der Waals surface area contributed by atoms with E-state index in [1.807, 2.05) is 6.07 Å². The molecule has 26 heavy (non-hydrogen) atoms. The fraction of sp³-hybridized carbons (Fsp3) is 0.714. The first-order valence-electron chi connectivity index (χ1n) is 9.90. The zero-order valence-electron chi connectivity index (χ0n) is 16.2. The first kappa shape index (κ1) is 16.8. The van der Waals surface area contributed by atoms with E-state index in [9.17, 15) is 10.2 Å². The highest BCUT2D eigenvalue weighted by molar-refractivity contribution is 5.62. The first-order chi connectivity index (χ1) is 12.2. The van der Waals surface area contributed by atoms with Crippen molar-refractivity contribution in [2.45, 2.75) is 81.2 Å². The van der Waals surface area contributed by atoms with Crippen molar-refractivity contribution in [3.8, 4) is 11.5 Å². The van der Waals surface area contributed by atoms with Gasteiger partial charge in [-0.05, 0) is 71.7 Å². The molecule has 142 valence electrons. The summed E-state index contributed by atoms with van der Waals surface area (Å²) in [5.41, 5.74) is 1.08. The molecule has 5 rings (SSSR count). The quantitative estimate of drug-likeness (QED) is 0.716. The van der Waals surface area contributed by atoms with Gasteiger partial charge in [-0.25, -0.2) is 0 Å². The van der Waals surface area contributed by atoms with Gasteiger partial charge in [0.05, 0.1) is 11.0 Å². The van der Waals surface area contributed by atoms with Gasteiger partial charge in [0.1, 0.15) is 6.10 Å². The van der Waals surface area contributed by atoms with E-state index in [1.54, 1.807) is 6.07 Å². The molecule has 2 bridgehead atoms. The van der Waals surface area contributed by atoms with Crippen LogP contribution in [0.25, 0.3) is 0 Å². The molecule has 3 N–H and O–H groups in total. The predicted octanol–water partition coefficient (Wildman–Crippen LogP) is 1.93. The number of hydrogen-bond acceptors (Lipinski definition) is 5. The number of ether oxygens (including phenoxy) is 1. The number of hydrogen-bond donors (Lipinski definition) is 3. The lowest BCUT2D eigenvalue weighted by molar-refractivity contribution is -0.188. The van der Waals surface area contributed by atoms with Gasteiger partial charge in [-0.3, -0.25) is 0 Å². The van der Waals surface area contributed by atoms with Gasteiger partial charge in [-0.1, -0.05) is 6.07 Å². The summed E-state index contributed by atoms with van der Waals surface area (Å²) >= 11 is 0. The Morgan fingerprint density at radius 3 is 2.77 bits per heavy atom. The van der Waals surface area contributed by atoms with Crippen molar-refractivity contribution < 1.29 is 14.9 Å². The van der Waals surface area contributed by atoms with Crippen molar-refractivity contribution in [1.29, 1.82) is 0 Å². The molecule has 2 heterocycles. The maximum Gasteiger partial charge on any atom is 0.165 e. The number of phenolic OH excluding ortho intramolecular Hbond substituents is 1. The zero-order chi connectivity index (χ0) is 18.5. The number of nitrogens with zero attached hydrogens (tertiary/aromatic N) is 1. The summed E-state index contributed by atoms with van der Waals surface area (Å²) in [6, 6.07) is 4.07. The van der Waals surface area contributed by atoms with Crippen LogP contribution in [0.4, 0.5) is 0 Å². The van der Waals surface area contributed by atoms with Crippen molar-refractivity contribution in [2.75, 3.05) is 13.6 Å². The Hall–Kier alpha value is -1.30. The van der Waals surface area contributed by atoms with E-state index in [0.29, 0.717) is 5.75 Å². The van der Waals surface area contributed by atoms with Gasteiger partial charge in [0.2, 0.25) is 0 Å². The van der Waals surface area contributed by atoms with E-state index in [1.165, 1.54) is 5.56 Å². The fourth-order valence-electron chi connectivity index (χ4n) is 6.46. The first-order valence-corrected chi connectivity index (χ1v) is 9.90. The van der Waals surface area contributed by atoms with Crippen LogP contribution in [0.2, 0.25) is 0 Å². The monoisotopic (exact) mass is 358 g/mol. The number of likely N-dealkylation sites (tertiary alicyclic amines) is 1. The van der Waals surface area contributed by atoms with E-state index in [-0.39, 0.29) is 29.5 Å². The highest BCUT2D eigenvalue weighted by atomic mass is 16.5. The van der Waals surface area contributed by atoms with Crippen LogP contribution in [0.1, 0.15) is 51.2 Å². The molecule has 1 aromatic rings. The van der Waals surface area contributed by atoms with Crippen molar-refractivity contribution >= 4 is 0 Å². The zero-order valence-corrected chi connectivity index (χ0v) is 16.2. The third-order valence-corrected chi connectivity index (χ3v) is 7.35. The van der Waals surface area contributed by atoms with Crippen molar-refractivity contribution in [3.05, 3.63) is 23.3 Å². The Morgan fingerprint density at radius 1 is 1.27 bits per heavy atom. The summed E-state index contributed by atoms with van der Waals surface area (Å²) in [6.45, 7) is 7.47. The van der Waals surface area contributed by atoms with Gasteiger partial charge in [0.25, 0.3) is 0 Å². The summed E-state index contributed by atoms with van der Waals surface area (Å²) in [6.07, 6.45) is 3.20. The summed E-state index contributed by atoms with van der Waals surface area (Å²) in [4.78, 5) is 2.33. The molecule has 2 aliphatic carbocycles. The van der Waals surface area contributed by atoms with E-state index >= 15 is 0 Å². The number of benzene rings is 1. The molecule has 1 saturated carbocycles. The maximum absolute atomic E-state index is 12.1. The van der Waals surface area contributed by atoms with Crippen LogP contribution >= 0.6 is 0 Å². The number of aliphatic hydroxyl groups is 1. The van der Waals surface area contributed by atoms with E-state index in [4.69, 9.17) is 4.74 Å². The topological polar surface area (TPSA) is 65.0 Å². The van der Waals surface area contributed by atoms with Crippen LogP contribution in [0.3, 0.4) is 0 Å². The Labute approximate surface area is 155 Å². The standard InChI is InChI=1S/C21H30N2O3/c1-19(2,3)22-13-7-8-21(25)15-11-12-5-6-14(24)17-16(12)20(21,18(13)26-17)9-10-23(15)4/h5-6,13,15,18,22,24-25H,7-11H2,1-4H3/t13-,15?,18+,20+,21-/m1/s1. The number of rotatable bonds is 1. The van der Waals surface area contributed by atoms with Gasteiger partial charge >= 0.3 is 0 Å². The molecule has 1 spiro atoms. The van der Waals surface area contributed by atoms with Crippen molar-refractivity contribution in [3.63, 3.8) is 0 Å². The Bertz CT molecular complexity index is 773. The minimum absolute atomic E-state index is 0.0285. The Balaban J connectivity index is 1.73. The predicted molar refractivity (Wildman–Crippen MR) is 99.8 cm³/mol. The summed E-state index contributed by atoms with van der Waals surface area (Å²) in [5, 5.41) is 26.3. The molecule has 1 aromatic carbocycles. The van der Waals surface area contributed by atoms with Crippen LogP contribution < -0.4 is 10.1 Å². The molecule has 5 nitrogen and oxygen atoms in total. The Kier molecular flexibility index (Phi) is 3.20. The van der Waals surface area contributed by atoms with Crippen LogP contribution in [0.5, 0.6) is 11.5 Å². The largest absolute Gasteiger partial charge is 0.504 e. The normalized spacial score (nSPS) is 40.9. The van der Waals surface area contributed by atoms with Crippen LogP contribution in [-0.4, -0.2) is 58.0 Å². The summed E-state index contributed by atoms with van der Waals surface area (Å²) in [5.74, 6) is 0.832. The molecular weight excluding hydrogens is 328 g/mol. The third-order valence-electron chi connectivity index (χ3n) is 7.35. The molecule has 1 unspecified atom stereocenters. The molecule has 2 fully saturated rings. The third kappa shape index (κ3) is 1.87. The van der Waals surface area contributed by atoms with E-state index in [2.05, 4.69) is 38.0 Å². The minimum Gasteiger partial charge on any atom is -0.504 e. The minimum atomic E-state index is -0.799. The molecule has 0 radical (unpaired) electrons. The van der Waals surface area contributed by atoms with Gasteiger partial charge in [-0.15, -0.1) is 0 Å². The van der Waals surface area contributed by atoms with Crippen LogP contribution in [0, 0.1) is 0 Å². The number of likely N-dealkylation sites (N-methyl/N-ethyl adjacent to an activating group) is 1. The molecule has 2 aliphatic heterocycles. The molecule has 0 aromatic heterocycles. The van der Waals surface area contributed by atoms with Gasteiger partial charge in [-0.2, -0.15) is 0 Å². The highest BCUT2D eigenvalue weighted by Crippen LogP contribution is 2.65. The number of aromatic hydroxyl groups is 1. The summed E-state index contributed by atoms with van der Waals surface area (Å²) in [7, 11) is 2.13. The molecular formula is C21H30N2O3. The lowest BCUT2D eigenvalue weighted by Crippen LogP contribution is -2.78. The SMILES string of the molecule is CN1CC[C@]23c4c5ccc(O)c4O[C@H]2[C@H](NC(C)(C)C)CC[C@@]3(O)C1C5. The smallest absolute Gasteiger partial charge is 0.165 e. The Morgan fingerprint density at radius 2 is 2.04 bits per heavy atom. The number of phenols is 1. The summed E-state index contributed by atoms with van der Waals surface area (Å²) < 4.78 is 6.48. The molecule has 1 saturated heterocycles. The number of nitrogens with one attached hydrogen (secondary N) is 1. The van der Waals surface area contributed by atoms with Gasteiger partial charge < -0.3 is 25.2 Å². The van der Waals surface area contributed by atoms with Crippen molar-refractivity contribution in [1.82, 2.24) is 10.2 Å². The maximum atomic E-state index is 12.1. The van der Waals surface area contributed by atoms with Crippen LogP contribution in [-0.2, 0) is 11.8 Å². The average Bonchev–Trinajstić information content (AvgIpc) is 2.90. The second-order valence-corrected chi connectivity index (χ2v) is 9.87. The fourth-order valence-corrected chi connectivity index (χ4v) is 6.46. The highest BCUT2D eigenvalue weighted by Gasteiger charge is 2.72. The van der Waals surface area contributed by atoms with Crippen molar-refractivity contribution in [2.24, 2.45) is 0 Å². The average molecular weight is 358 g/mol.